The van der Waals surface area contributed by atoms with Gasteiger partial charge in [-0.3, -0.25) is 0 Å². The van der Waals surface area contributed by atoms with Crippen LogP contribution in [0.15, 0.2) is 5.38 Å². The van der Waals surface area contributed by atoms with E-state index in [0.717, 1.165) is 13.1 Å². The molecule has 19 heavy (non-hydrogen) atoms. The Labute approximate surface area is 121 Å². The summed E-state index contributed by atoms with van der Waals surface area (Å²) in [5.74, 6) is 0.697. The molecule has 1 aromatic heterocycles. The van der Waals surface area contributed by atoms with Crippen LogP contribution in [0.2, 0.25) is 0 Å². The van der Waals surface area contributed by atoms with Crippen molar-refractivity contribution in [2.75, 3.05) is 18.5 Å². The van der Waals surface area contributed by atoms with Gasteiger partial charge in [0.1, 0.15) is 0 Å². The number of nitrogens with zero attached hydrogens (tertiary/aromatic N) is 2. The van der Waals surface area contributed by atoms with Crippen LogP contribution in [0.4, 0.5) is 5.13 Å². The van der Waals surface area contributed by atoms with Crippen LogP contribution in [0.1, 0.15) is 51.6 Å². The Hall–Kier alpha value is -0.610. The van der Waals surface area contributed by atoms with Crippen molar-refractivity contribution in [3.8, 4) is 0 Å². The molecule has 0 atom stereocenters. The Kier molecular flexibility index (Phi) is 5.64. The van der Waals surface area contributed by atoms with Gasteiger partial charge < -0.3 is 10.2 Å². The quantitative estimate of drug-likeness (QED) is 0.862. The van der Waals surface area contributed by atoms with Crippen LogP contribution in [-0.2, 0) is 6.54 Å². The number of aromatic nitrogens is 1. The van der Waals surface area contributed by atoms with Gasteiger partial charge in [-0.2, -0.15) is 0 Å². The first kappa shape index (κ1) is 14.8. The summed E-state index contributed by atoms with van der Waals surface area (Å²) < 4.78 is 0. The topological polar surface area (TPSA) is 28.2 Å². The highest BCUT2D eigenvalue weighted by Gasteiger charge is 2.20. The van der Waals surface area contributed by atoms with E-state index in [1.54, 1.807) is 11.3 Å². The van der Waals surface area contributed by atoms with Gasteiger partial charge in [0, 0.05) is 25.0 Å². The summed E-state index contributed by atoms with van der Waals surface area (Å²) in [7, 11) is 2.21. The van der Waals surface area contributed by atoms with E-state index in [0.29, 0.717) is 12.0 Å². The maximum absolute atomic E-state index is 4.76. The fourth-order valence-corrected chi connectivity index (χ4v) is 3.52. The second kappa shape index (κ2) is 7.25. The van der Waals surface area contributed by atoms with Crippen LogP contribution in [0, 0.1) is 5.92 Å². The van der Waals surface area contributed by atoms with Crippen molar-refractivity contribution in [2.24, 2.45) is 5.92 Å². The molecular formula is C15H27N3S. The standard InChI is InChI=1S/C15H27N3S/c1-12(2)9-16-10-13-11-19-15(17-13)18(3)14-7-5-4-6-8-14/h11-12,14,16H,4-10H2,1-3H3. The molecule has 1 N–H and O–H groups in total. The third kappa shape index (κ3) is 4.46. The molecule has 0 amide bonds. The predicted octanol–water partition coefficient (Wildman–Crippen LogP) is 3.66. The lowest BCUT2D eigenvalue weighted by Gasteiger charge is -2.30. The highest BCUT2D eigenvalue weighted by molar-refractivity contribution is 7.13. The number of hydrogen-bond donors (Lipinski definition) is 1. The molecule has 1 aliphatic carbocycles. The molecule has 108 valence electrons. The first-order chi connectivity index (χ1) is 9.16. The summed E-state index contributed by atoms with van der Waals surface area (Å²) >= 11 is 1.78. The zero-order valence-corrected chi connectivity index (χ0v) is 13.3. The summed E-state index contributed by atoms with van der Waals surface area (Å²) in [5, 5.41) is 6.84. The summed E-state index contributed by atoms with van der Waals surface area (Å²) in [4.78, 5) is 7.16. The van der Waals surface area contributed by atoms with Gasteiger partial charge in [0.15, 0.2) is 5.13 Å². The third-order valence-corrected chi connectivity index (χ3v) is 4.80. The molecule has 0 aromatic carbocycles. The van der Waals surface area contributed by atoms with Crippen molar-refractivity contribution < 1.29 is 0 Å². The van der Waals surface area contributed by atoms with E-state index in [2.05, 4.69) is 36.5 Å². The average Bonchev–Trinajstić information content (AvgIpc) is 2.87. The Bertz CT molecular complexity index is 369. The average molecular weight is 281 g/mol. The van der Waals surface area contributed by atoms with Gasteiger partial charge in [0.2, 0.25) is 0 Å². The molecule has 0 radical (unpaired) electrons. The lowest BCUT2D eigenvalue weighted by atomic mass is 9.95. The molecule has 4 heteroatoms. The molecule has 0 bridgehead atoms. The highest BCUT2D eigenvalue weighted by atomic mass is 32.1. The molecule has 0 saturated heterocycles. The molecule has 1 saturated carbocycles. The smallest absolute Gasteiger partial charge is 0.185 e. The van der Waals surface area contributed by atoms with Gasteiger partial charge in [-0.05, 0) is 25.3 Å². The SMILES string of the molecule is CC(C)CNCc1csc(N(C)C2CCCCC2)n1. The molecule has 1 aromatic rings. The second-order valence-corrected chi connectivity index (χ2v) is 6.89. The summed E-state index contributed by atoms with van der Waals surface area (Å²) in [6.45, 7) is 6.42. The monoisotopic (exact) mass is 281 g/mol. The molecule has 0 aliphatic heterocycles. The maximum Gasteiger partial charge on any atom is 0.185 e. The van der Waals surface area contributed by atoms with Gasteiger partial charge in [-0.1, -0.05) is 33.1 Å². The van der Waals surface area contributed by atoms with E-state index in [-0.39, 0.29) is 0 Å². The second-order valence-electron chi connectivity index (χ2n) is 6.05. The van der Waals surface area contributed by atoms with Gasteiger partial charge >= 0.3 is 0 Å². The van der Waals surface area contributed by atoms with Gasteiger partial charge in [-0.25, -0.2) is 4.98 Å². The van der Waals surface area contributed by atoms with E-state index in [1.807, 2.05) is 0 Å². The minimum Gasteiger partial charge on any atom is -0.348 e. The van der Waals surface area contributed by atoms with Crippen molar-refractivity contribution in [3.63, 3.8) is 0 Å². The van der Waals surface area contributed by atoms with Crippen molar-refractivity contribution in [1.82, 2.24) is 10.3 Å². The minimum absolute atomic E-state index is 0.697. The Morgan fingerprint density at radius 3 is 2.79 bits per heavy atom. The predicted molar refractivity (Wildman–Crippen MR) is 83.9 cm³/mol. The Balaban J connectivity index is 1.85. The lowest BCUT2D eigenvalue weighted by molar-refractivity contribution is 0.427. The van der Waals surface area contributed by atoms with E-state index in [1.165, 1.54) is 42.9 Å². The van der Waals surface area contributed by atoms with Crippen molar-refractivity contribution in [2.45, 2.75) is 58.5 Å². The molecule has 0 unspecified atom stereocenters. The molecule has 1 fully saturated rings. The number of hydrogen-bond acceptors (Lipinski definition) is 4. The highest BCUT2D eigenvalue weighted by Crippen LogP contribution is 2.28. The summed E-state index contributed by atoms with van der Waals surface area (Å²) in [6.07, 6.45) is 6.83. The maximum atomic E-state index is 4.76. The van der Waals surface area contributed by atoms with Crippen molar-refractivity contribution in [1.29, 1.82) is 0 Å². The van der Waals surface area contributed by atoms with Crippen LogP contribution >= 0.6 is 11.3 Å². The molecule has 3 nitrogen and oxygen atoms in total. The van der Waals surface area contributed by atoms with Gasteiger partial charge in [-0.15, -0.1) is 11.3 Å². The van der Waals surface area contributed by atoms with Crippen LogP contribution in [0.5, 0.6) is 0 Å². The fraction of sp³-hybridized carbons (Fsp3) is 0.800. The number of thiazole rings is 1. The first-order valence-corrected chi connectivity index (χ1v) is 8.42. The normalized spacial score (nSPS) is 17.1. The fourth-order valence-electron chi connectivity index (χ4n) is 2.65. The van der Waals surface area contributed by atoms with Gasteiger partial charge in [0.05, 0.1) is 5.69 Å². The number of rotatable bonds is 6. The molecule has 1 aliphatic rings. The molecule has 1 heterocycles. The van der Waals surface area contributed by atoms with Gasteiger partial charge in [0.25, 0.3) is 0 Å². The zero-order chi connectivity index (χ0) is 13.7. The van der Waals surface area contributed by atoms with Crippen LogP contribution in [0.3, 0.4) is 0 Å². The first-order valence-electron chi connectivity index (χ1n) is 7.54. The largest absolute Gasteiger partial charge is 0.348 e. The summed E-state index contributed by atoms with van der Waals surface area (Å²) in [6, 6.07) is 0.705. The third-order valence-electron chi connectivity index (χ3n) is 3.82. The van der Waals surface area contributed by atoms with Crippen LogP contribution in [-0.4, -0.2) is 24.6 Å². The Morgan fingerprint density at radius 2 is 2.11 bits per heavy atom. The molecule has 2 rings (SSSR count). The van der Waals surface area contributed by atoms with Crippen molar-refractivity contribution >= 4 is 16.5 Å². The number of anilines is 1. The number of nitrogens with one attached hydrogen (secondary N) is 1. The Morgan fingerprint density at radius 1 is 1.37 bits per heavy atom. The zero-order valence-electron chi connectivity index (χ0n) is 12.5. The van der Waals surface area contributed by atoms with E-state index in [9.17, 15) is 0 Å². The summed E-state index contributed by atoms with van der Waals surface area (Å²) in [5.41, 5.74) is 1.18. The van der Waals surface area contributed by atoms with E-state index >= 15 is 0 Å². The molecule has 0 spiro atoms. The van der Waals surface area contributed by atoms with Crippen LogP contribution in [0.25, 0.3) is 0 Å². The van der Waals surface area contributed by atoms with Crippen LogP contribution < -0.4 is 10.2 Å². The van der Waals surface area contributed by atoms with E-state index in [4.69, 9.17) is 4.98 Å². The van der Waals surface area contributed by atoms with Crippen molar-refractivity contribution in [3.05, 3.63) is 11.1 Å². The van der Waals surface area contributed by atoms with E-state index < -0.39 is 0 Å². The molecular weight excluding hydrogens is 254 g/mol. The minimum atomic E-state index is 0.697. The lowest BCUT2D eigenvalue weighted by Crippen LogP contribution is -2.33.